The fourth-order valence-corrected chi connectivity index (χ4v) is 0.363. The Morgan fingerprint density at radius 3 is 2.40 bits per heavy atom. The van der Waals surface area contributed by atoms with Gasteiger partial charge in [0.05, 0.1) is 19.6 Å². The molecule has 0 rings (SSSR count). The number of ether oxygens (including phenoxy) is 1. The number of nitrogens with two attached hydrogens (primary N) is 2. The van der Waals surface area contributed by atoms with Crippen LogP contribution in [0.25, 0.3) is 0 Å². The Hall–Kier alpha value is -1.10. The molecule has 0 aromatic heterocycles. The highest BCUT2D eigenvalue weighted by molar-refractivity contribution is 5.84. The highest BCUT2D eigenvalue weighted by Gasteiger charge is 2.13. The van der Waals surface area contributed by atoms with Crippen molar-refractivity contribution in [1.29, 1.82) is 0 Å². The Kier molecular flexibility index (Phi) is 3.42. The second-order valence-electron chi connectivity index (χ2n) is 1.79. The average molecular weight is 146 g/mol. The van der Waals surface area contributed by atoms with E-state index in [1.54, 1.807) is 0 Å². The van der Waals surface area contributed by atoms with Crippen molar-refractivity contribution in [3.8, 4) is 0 Å². The van der Waals surface area contributed by atoms with E-state index in [0.29, 0.717) is 0 Å². The highest BCUT2D eigenvalue weighted by Crippen LogP contribution is 1.88. The van der Waals surface area contributed by atoms with Gasteiger partial charge in [0, 0.05) is 0 Å². The summed E-state index contributed by atoms with van der Waals surface area (Å²) in [6, 6.07) is -0.938. The summed E-state index contributed by atoms with van der Waals surface area (Å²) in [5.41, 5.74) is 9.88. The third kappa shape index (κ3) is 3.03. The van der Waals surface area contributed by atoms with Crippen molar-refractivity contribution >= 4 is 11.9 Å². The first-order valence-corrected chi connectivity index (χ1v) is 2.69. The molecule has 0 spiro atoms. The normalized spacial score (nSPS) is 12.2. The van der Waals surface area contributed by atoms with Gasteiger partial charge in [-0.2, -0.15) is 0 Å². The Morgan fingerprint density at radius 1 is 1.60 bits per heavy atom. The van der Waals surface area contributed by atoms with Crippen molar-refractivity contribution in [2.75, 3.05) is 7.11 Å². The monoisotopic (exact) mass is 146 g/mol. The number of carbonyl (C=O) groups is 2. The van der Waals surface area contributed by atoms with E-state index in [0.717, 1.165) is 0 Å². The molecule has 0 heterocycles. The van der Waals surface area contributed by atoms with Gasteiger partial charge in [0.1, 0.15) is 0 Å². The van der Waals surface area contributed by atoms with Gasteiger partial charge < -0.3 is 16.2 Å². The third-order valence-corrected chi connectivity index (χ3v) is 0.980. The van der Waals surface area contributed by atoms with Gasteiger partial charge in [0.15, 0.2) is 0 Å². The molecule has 0 saturated carbocycles. The van der Waals surface area contributed by atoms with E-state index in [-0.39, 0.29) is 6.42 Å². The predicted octanol–water partition coefficient (Wildman–Crippen LogP) is -1.64. The van der Waals surface area contributed by atoms with Crippen LogP contribution < -0.4 is 11.5 Å². The van der Waals surface area contributed by atoms with Crippen LogP contribution in [-0.2, 0) is 14.3 Å². The summed E-state index contributed by atoms with van der Waals surface area (Å²) in [6.07, 6.45) is -0.161. The molecule has 4 N–H and O–H groups in total. The SMILES string of the molecule is COC(=O)C[C@@H](N)C(N)=O. The molecule has 10 heavy (non-hydrogen) atoms. The molecule has 5 heteroatoms. The summed E-state index contributed by atoms with van der Waals surface area (Å²) in [5, 5.41) is 0. The van der Waals surface area contributed by atoms with Crippen LogP contribution in [0.4, 0.5) is 0 Å². The van der Waals surface area contributed by atoms with E-state index in [1.807, 2.05) is 0 Å². The van der Waals surface area contributed by atoms with Crippen LogP contribution in [-0.4, -0.2) is 25.0 Å². The smallest absolute Gasteiger partial charge is 0.307 e. The molecule has 0 aliphatic heterocycles. The molecule has 1 atom stereocenters. The van der Waals surface area contributed by atoms with E-state index in [2.05, 4.69) is 4.74 Å². The van der Waals surface area contributed by atoms with Crippen molar-refractivity contribution in [1.82, 2.24) is 0 Å². The van der Waals surface area contributed by atoms with Crippen molar-refractivity contribution in [3.63, 3.8) is 0 Å². The predicted molar refractivity (Wildman–Crippen MR) is 33.8 cm³/mol. The molecular formula is C5H10N2O3. The molecule has 5 nitrogen and oxygen atoms in total. The van der Waals surface area contributed by atoms with Crippen LogP contribution in [0.1, 0.15) is 6.42 Å². The van der Waals surface area contributed by atoms with Gasteiger partial charge in [-0.3, -0.25) is 9.59 Å². The van der Waals surface area contributed by atoms with Gasteiger partial charge in [-0.1, -0.05) is 0 Å². The Bertz CT molecular complexity index is 146. The maximum atomic E-state index is 10.4. The standard InChI is InChI=1S/C5H10N2O3/c1-10-4(8)2-3(6)5(7)9/h3H,2,6H2,1H3,(H2,7,9)/t3-/m1/s1. The van der Waals surface area contributed by atoms with Crippen LogP contribution in [0, 0.1) is 0 Å². The highest BCUT2D eigenvalue weighted by atomic mass is 16.5. The molecular weight excluding hydrogens is 136 g/mol. The number of hydrogen-bond acceptors (Lipinski definition) is 4. The van der Waals surface area contributed by atoms with Gasteiger partial charge in [0.2, 0.25) is 5.91 Å². The molecule has 0 aliphatic carbocycles. The number of esters is 1. The summed E-state index contributed by atoms with van der Waals surface area (Å²) in [6.45, 7) is 0. The molecule has 0 unspecified atom stereocenters. The molecule has 0 bridgehead atoms. The maximum Gasteiger partial charge on any atom is 0.307 e. The van der Waals surface area contributed by atoms with E-state index in [1.165, 1.54) is 7.11 Å². The molecule has 0 radical (unpaired) electrons. The fourth-order valence-electron chi connectivity index (χ4n) is 0.363. The lowest BCUT2D eigenvalue weighted by Crippen LogP contribution is -2.38. The van der Waals surface area contributed by atoms with E-state index < -0.39 is 17.9 Å². The average Bonchev–Trinajstić information content (AvgIpc) is 1.87. The fraction of sp³-hybridized carbons (Fsp3) is 0.600. The minimum absolute atomic E-state index is 0.161. The minimum Gasteiger partial charge on any atom is -0.469 e. The zero-order valence-corrected chi connectivity index (χ0v) is 5.66. The van der Waals surface area contributed by atoms with Crippen LogP contribution >= 0.6 is 0 Å². The van der Waals surface area contributed by atoms with Gasteiger partial charge in [-0.25, -0.2) is 0 Å². The molecule has 0 fully saturated rings. The van der Waals surface area contributed by atoms with Crippen LogP contribution in [0.5, 0.6) is 0 Å². The third-order valence-electron chi connectivity index (χ3n) is 0.980. The molecule has 0 aromatic carbocycles. The Labute approximate surface area is 58.3 Å². The lowest BCUT2D eigenvalue weighted by atomic mass is 10.2. The van der Waals surface area contributed by atoms with E-state index >= 15 is 0 Å². The summed E-state index contributed by atoms with van der Waals surface area (Å²) < 4.78 is 4.24. The second kappa shape index (κ2) is 3.84. The van der Waals surface area contributed by atoms with Gasteiger partial charge in [-0.05, 0) is 0 Å². The Balaban J connectivity index is 3.68. The Morgan fingerprint density at radius 2 is 2.10 bits per heavy atom. The van der Waals surface area contributed by atoms with Gasteiger partial charge in [0.25, 0.3) is 0 Å². The topological polar surface area (TPSA) is 95.4 Å². The lowest BCUT2D eigenvalue weighted by molar-refractivity contribution is -0.142. The lowest BCUT2D eigenvalue weighted by Gasteiger charge is -2.03. The zero-order valence-electron chi connectivity index (χ0n) is 5.66. The van der Waals surface area contributed by atoms with Crippen molar-refractivity contribution in [2.45, 2.75) is 12.5 Å². The minimum atomic E-state index is -0.938. The first-order chi connectivity index (χ1) is 4.57. The molecule has 1 amide bonds. The van der Waals surface area contributed by atoms with E-state index in [4.69, 9.17) is 11.5 Å². The quantitative estimate of drug-likeness (QED) is 0.467. The van der Waals surface area contributed by atoms with Crippen LogP contribution in [0.15, 0.2) is 0 Å². The number of carbonyl (C=O) groups excluding carboxylic acids is 2. The zero-order chi connectivity index (χ0) is 8.15. The molecule has 0 aromatic rings. The maximum absolute atomic E-state index is 10.4. The molecule has 58 valence electrons. The summed E-state index contributed by atoms with van der Waals surface area (Å²) in [5.74, 6) is -1.24. The number of amides is 1. The number of hydrogen-bond donors (Lipinski definition) is 2. The molecule has 0 saturated heterocycles. The summed E-state index contributed by atoms with van der Waals surface area (Å²) in [4.78, 5) is 20.7. The van der Waals surface area contributed by atoms with Crippen molar-refractivity contribution in [2.24, 2.45) is 11.5 Å². The second-order valence-corrected chi connectivity index (χ2v) is 1.79. The largest absolute Gasteiger partial charge is 0.469 e. The van der Waals surface area contributed by atoms with Crippen molar-refractivity contribution in [3.05, 3.63) is 0 Å². The van der Waals surface area contributed by atoms with E-state index in [9.17, 15) is 9.59 Å². The van der Waals surface area contributed by atoms with Crippen LogP contribution in [0.2, 0.25) is 0 Å². The number of rotatable bonds is 3. The summed E-state index contributed by atoms with van der Waals surface area (Å²) >= 11 is 0. The van der Waals surface area contributed by atoms with Gasteiger partial charge >= 0.3 is 5.97 Å². The molecule has 0 aliphatic rings. The number of primary amides is 1. The number of methoxy groups -OCH3 is 1. The van der Waals surface area contributed by atoms with Crippen LogP contribution in [0.3, 0.4) is 0 Å². The van der Waals surface area contributed by atoms with Crippen molar-refractivity contribution < 1.29 is 14.3 Å². The summed E-state index contributed by atoms with van der Waals surface area (Å²) in [7, 11) is 1.22. The first-order valence-electron chi connectivity index (χ1n) is 2.69. The van der Waals surface area contributed by atoms with Gasteiger partial charge in [-0.15, -0.1) is 0 Å². The first kappa shape index (κ1) is 8.90.